The molecule has 0 radical (unpaired) electrons. The molecule has 0 spiro atoms. The number of ketones is 1. The second kappa shape index (κ2) is 3.46. The summed E-state index contributed by atoms with van der Waals surface area (Å²) < 4.78 is 0. The number of carbonyl (C=O) groups is 1. The molecule has 1 aromatic carbocycles. The van der Waals surface area contributed by atoms with Crippen molar-refractivity contribution in [2.24, 2.45) is 5.92 Å². The number of hydrogen-bond donors (Lipinski definition) is 0. The molecule has 0 amide bonds. The van der Waals surface area contributed by atoms with Gasteiger partial charge in [-0.15, -0.1) is 0 Å². The predicted molar refractivity (Wildman–Crippen MR) is 58.4 cm³/mol. The van der Waals surface area contributed by atoms with E-state index >= 15 is 0 Å². The Kier molecular flexibility index (Phi) is 2.10. The highest BCUT2D eigenvalue weighted by atomic mass is 16.1. The van der Waals surface area contributed by atoms with Gasteiger partial charge in [0.15, 0.2) is 0 Å². The number of nitrogens with zero attached hydrogens (tertiary/aromatic N) is 1. The molecule has 1 saturated carbocycles. The van der Waals surface area contributed by atoms with Crippen LogP contribution in [-0.2, 0) is 11.3 Å². The zero-order valence-corrected chi connectivity index (χ0v) is 8.73. The molecule has 3 rings (SSSR count). The molecule has 2 aliphatic rings. The summed E-state index contributed by atoms with van der Waals surface area (Å²) in [5, 5.41) is 0. The first-order chi connectivity index (χ1) is 7.33. The van der Waals surface area contributed by atoms with Gasteiger partial charge in [-0.05, 0) is 17.9 Å². The minimum atomic E-state index is 0.421. The van der Waals surface area contributed by atoms with Crippen LogP contribution in [0.25, 0.3) is 0 Å². The molecule has 2 heteroatoms. The lowest BCUT2D eigenvalue weighted by Gasteiger charge is -2.25. The van der Waals surface area contributed by atoms with Gasteiger partial charge in [-0.1, -0.05) is 30.3 Å². The summed E-state index contributed by atoms with van der Waals surface area (Å²) in [6.07, 6.45) is 2.06. The van der Waals surface area contributed by atoms with Gasteiger partial charge in [-0.3, -0.25) is 9.69 Å². The molecule has 1 aromatic rings. The summed E-state index contributed by atoms with van der Waals surface area (Å²) in [6.45, 7) is 1.60. The van der Waals surface area contributed by atoms with E-state index in [2.05, 4.69) is 29.2 Å². The van der Waals surface area contributed by atoms with E-state index in [1.807, 2.05) is 6.07 Å². The molecule has 1 saturated heterocycles. The molecule has 2 atom stereocenters. The molecule has 78 valence electrons. The average molecular weight is 201 g/mol. The SMILES string of the molecule is O=C1CC2CC2N(Cc2ccccc2)C1. The molecular formula is C13H15NO. The van der Waals surface area contributed by atoms with Crippen molar-refractivity contribution in [2.75, 3.05) is 6.54 Å². The molecule has 1 aliphatic carbocycles. The Bertz CT molecular complexity index is 373. The maximum Gasteiger partial charge on any atom is 0.147 e. The first-order valence-electron chi connectivity index (χ1n) is 5.62. The number of piperidine rings is 1. The Morgan fingerprint density at radius 3 is 2.87 bits per heavy atom. The van der Waals surface area contributed by atoms with E-state index in [9.17, 15) is 4.79 Å². The van der Waals surface area contributed by atoms with Crippen molar-refractivity contribution in [3.8, 4) is 0 Å². The lowest BCUT2D eigenvalue weighted by atomic mass is 10.1. The first-order valence-corrected chi connectivity index (χ1v) is 5.62. The number of rotatable bonds is 2. The highest BCUT2D eigenvalue weighted by molar-refractivity contribution is 5.82. The van der Waals surface area contributed by atoms with Crippen molar-refractivity contribution in [1.82, 2.24) is 4.90 Å². The van der Waals surface area contributed by atoms with Crippen LogP contribution in [0, 0.1) is 5.92 Å². The Hall–Kier alpha value is -1.15. The van der Waals surface area contributed by atoms with Gasteiger partial charge in [0.25, 0.3) is 0 Å². The van der Waals surface area contributed by atoms with Gasteiger partial charge >= 0.3 is 0 Å². The minimum absolute atomic E-state index is 0.421. The van der Waals surface area contributed by atoms with Crippen LogP contribution in [0.1, 0.15) is 18.4 Å². The van der Waals surface area contributed by atoms with E-state index in [0.29, 0.717) is 24.3 Å². The fourth-order valence-corrected chi connectivity index (χ4v) is 2.59. The van der Waals surface area contributed by atoms with Crippen LogP contribution in [0.2, 0.25) is 0 Å². The van der Waals surface area contributed by atoms with Crippen molar-refractivity contribution in [3.05, 3.63) is 35.9 Å². The zero-order chi connectivity index (χ0) is 10.3. The molecule has 15 heavy (non-hydrogen) atoms. The molecule has 1 heterocycles. The second-order valence-corrected chi connectivity index (χ2v) is 4.70. The van der Waals surface area contributed by atoms with E-state index < -0.39 is 0 Å². The van der Waals surface area contributed by atoms with Crippen LogP contribution in [0.5, 0.6) is 0 Å². The summed E-state index contributed by atoms with van der Waals surface area (Å²) in [4.78, 5) is 13.8. The Labute approximate surface area is 89.9 Å². The van der Waals surface area contributed by atoms with Gasteiger partial charge < -0.3 is 0 Å². The van der Waals surface area contributed by atoms with Crippen molar-refractivity contribution in [2.45, 2.75) is 25.4 Å². The molecule has 0 bridgehead atoms. The minimum Gasteiger partial charge on any atom is -0.298 e. The Balaban J connectivity index is 1.71. The molecule has 0 N–H and O–H groups in total. The highest BCUT2D eigenvalue weighted by Crippen LogP contribution is 2.42. The van der Waals surface area contributed by atoms with Gasteiger partial charge in [0.05, 0.1) is 6.54 Å². The standard InChI is InChI=1S/C13H15NO/c15-12-6-11-7-13(11)14(9-12)8-10-4-2-1-3-5-10/h1-5,11,13H,6-9H2. The van der Waals surface area contributed by atoms with Crippen LogP contribution in [0.15, 0.2) is 30.3 Å². The molecule has 2 nitrogen and oxygen atoms in total. The van der Waals surface area contributed by atoms with Crippen LogP contribution in [-0.4, -0.2) is 23.3 Å². The third-order valence-corrected chi connectivity index (χ3v) is 3.45. The normalized spacial score (nSPS) is 30.0. The Morgan fingerprint density at radius 2 is 2.07 bits per heavy atom. The summed E-state index contributed by atoms with van der Waals surface area (Å²) in [5.74, 6) is 1.10. The van der Waals surface area contributed by atoms with E-state index in [1.165, 1.54) is 12.0 Å². The van der Waals surface area contributed by atoms with Crippen molar-refractivity contribution in [3.63, 3.8) is 0 Å². The molecule has 1 aliphatic heterocycles. The monoisotopic (exact) mass is 201 g/mol. The van der Waals surface area contributed by atoms with Crippen molar-refractivity contribution < 1.29 is 4.79 Å². The smallest absolute Gasteiger partial charge is 0.147 e. The number of hydrogen-bond acceptors (Lipinski definition) is 2. The van der Waals surface area contributed by atoms with Gasteiger partial charge in [-0.2, -0.15) is 0 Å². The maximum atomic E-state index is 11.5. The zero-order valence-electron chi connectivity index (χ0n) is 8.73. The molecule has 2 unspecified atom stereocenters. The fourth-order valence-electron chi connectivity index (χ4n) is 2.59. The van der Waals surface area contributed by atoms with E-state index in [1.54, 1.807) is 0 Å². The second-order valence-electron chi connectivity index (χ2n) is 4.70. The quantitative estimate of drug-likeness (QED) is 0.727. The first kappa shape index (κ1) is 9.10. The van der Waals surface area contributed by atoms with Crippen molar-refractivity contribution >= 4 is 5.78 Å². The van der Waals surface area contributed by atoms with Crippen LogP contribution >= 0.6 is 0 Å². The number of Topliss-reactive ketones (excluding diaryl/α,β-unsaturated/α-hetero) is 1. The summed E-state index contributed by atoms with van der Waals surface area (Å²) >= 11 is 0. The van der Waals surface area contributed by atoms with Gasteiger partial charge in [0.1, 0.15) is 5.78 Å². The van der Waals surface area contributed by atoms with Gasteiger partial charge in [-0.25, -0.2) is 0 Å². The fraction of sp³-hybridized carbons (Fsp3) is 0.462. The number of fused-ring (bicyclic) bond motifs is 1. The van der Waals surface area contributed by atoms with Gasteiger partial charge in [0.2, 0.25) is 0 Å². The number of likely N-dealkylation sites (tertiary alicyclic amines) is 1. The largest absolute Gasteiger partial charge is 0.298 e. The van der Waals surface area contributed by atoms with E-state index in [0.717, 1.165) is 13.0 Å². The highest BCUT2D eigenvalue weighted by Gasteiger charge is 2.46. The summed E-state index contributed by atoms with van der Waals surface area (Å²) in [6, 6.07) is 11.1. The third kappa shape index (κ3) is 1.82. The third-order valence-electron chi connectivity index (χ3n) is 3.45. The topological polar surface area (TPSA) is 20.3 Å². The lowest BCUT2D eigenvalue weighted by molar-refractivity contribution is -0.122. The van der Waals surface area contributed by atoms with E-state index in [4.69, 9.17) is 0 Å². The summed E-state index contributed by atoms with van der Waals surface area (Å²) in [7, 11) is 0. The lowest BCUT2D eigenvalue weighted by Crippen LogP contribution is -2.36. The molecule has 2 fully saturated rings. The van der Waals surface area contributed by atoms with E-state index in [-0.39, 0.29) is 0 Å². The van der Waals surface area contributed by atoms with Crippen LogP contribution in [0.3, 0.4) is 0 Å². The maximum absolute atomic E-state index is 11.5. The average Bonchev–Trinajstić information content (AvgIpc) is 2.98. The Morgan fingerprint density at radius 1 is 1.27 bits per heavy atom. The van der Waals surface area contributed by atoms with Crippen molar-refractivity contribution in [1.29, 1.82) is 0 Å². The van der Waals surface area contributed by atoms with Gasteiger partial charge in [0, 0.05) is 19.0 Å². The predicted octanol–water partition coefficient (Wildman–Crippen LogP) is 1.85. The number of benzene rings is 1. The number of carbonyl (C=O) groups excluding carboxylic acids is 1. The van der Waals surface area contributed by atoms with Crippen LogP contribution in [0.4, 0.5) is 0 Å². The molecule has 0 aromatic heterocycles. The summed E-state index contributed by atoms with van der Waals surface area (Å²) in [5.41, 5.74) is 1.32. The molecular weight excluding hydrogens is 186 g/mol. The van der Waals surface area contributed by atoms with Crippen LogP contribution < -0.4 is 0 Å².